The van der Waals surface area contributed by atoms with E-state index < -0.39 is 18.6 Å². The van der Waals surface area contributed by atoms with Crippen LogP contribution in [0.15, 0.2) is 0 Å². The molecule has 0 aromatic heterocycles. The van der Waals surface area contributed by atoms with Gasteiger partial charge in [-0.15, -0.1) is 0 Å². The van der Waals surface area contributed by atoms with E-state index >= 15 is 0 Å². The number of hydrogen-bond donors (Lipinski definition) is 2. The van der Waals surface area contributed by atoms with E-state index in [9.17, 15) is 8.78 Å². The van der Waals surface area contributed by atoms with Gasteiger partial charge in [0, 0.05) is 0 Å². The van der Waals surface area contributed by atoms with Crippen molar-refractivity contribution in [2.45, 2.75) is 25.5 Å². The minimum absolute atomic E-state index is 1.13. The van der Waals surface area contributed by atoms with Crippen LogP contribution in [0.4, 0.5) is 8.78 Å². The van der Waals surface area contributed by atoms with E-state index in [1.54, 1.807) is 0 Å². The van der Waals surface area contributed by atoms with Crippen LogP contribution in [0.2, 0.25) is 0 Å². The maximum Gasteiger partial charge on any atom is 0.255 e. The largest absolute Gasteiger partial charge is 0.392 e. The summed E-state index contributed by atoms with van der Waals surface area (Å²) in [5, 5.41) is 8.39. The number of aliphatic hydroxyl groups excluding tert-OH is 1. The fourth-order valence-corrected chi connectivity index (χ4v) is 0.211. The number of aliphatic hydroxyl groups is 1. The van der Waals surface area contributed by atoms with Crippen LogP contribution in [-0.2, 0) is 0 Å². The Kier molecular flexibility index (Phi) is 2.86. The Morgan fingerprint density at radius 3 is 1.88 bits per heavy atom. The minimum Gasteiger partial charge on any atom is -0.392 e. The van der Waals surface area contributed by atoms with Crippen LogP contribution >= 0.6 is 0 Å². The third kappa shape index (κ3) is 2.18. The standard InChI is InChI=1S/C4H9F2NO/c1-2(8)3(7)4(5)6/h2-4,8H,7H2,1H3. The number of alkyl halides is 2. The maximum absolute atomic E-state index is 11.4. The van der Waals surface area contributed by atoms with Gasteiger partial charge in [0.1, 0.15) is 0 Å². The molecule has 0 aliphatic carbocycles. The number of halogens is 2. The van der Waals surface area contributed by atoms with Gasteiger partial charge in [-0.05, 0) is 6.92 Å². The molecule has 2 unspecified atom stereocenters. The lowest BCUT2D eigenvalue weighted by Crippen LogP contribution is -2.38. The minimum atomic E-state index is -2.63. The van der Waals surface area contributed by atoms with Gasteiger partial charge in [0.05, 0.1) is 12.1 Å². The molecule has 0 fully saturated rings. The molecule has 0 bridgehead atoms. The second-order valence-electron chi connectivity index (χ2n) is 1.65. The smallest absolute Gasteiger partial charge is 0.255 e. The first-order valence-corrected chi connectivity index (χ1v) is 2.27. The highest BCUT2D eigenvalue weighted by Crippen LogP contribution is 2.00. The van der Waals surface area contributed by atoms with Crippen molar-refractivity contribution < 1.29 is 13.9 Å². The lowest BCUT2D eigenvalue weighted by molar-refractivity contribution is 0.0449. The molecule has 0 aromatic rings. The van der Waals surface area contributed by atoms with Crippen molar-refractivity contribution in [1.82, 2.24) is 0 Å². The number of hydrogen-bond acceptors (Lipinski definition) is 2. The van der Waals surface area contributed by atoms with Crippen molar-refractivity contribution in [2.75, 3.05) is 0 Å². The first-order chi connectivity index (χ1) is 3.55. The molecule has 8 heavy (non-hydrogen) atoms. The van der Waals surface area contributed by atoms with Crippen LogP contribution in [0.1, 0.15) is 6.92 Å². The summed E-state index contributed by atoms with van der Waals surface area (Å²) in [6.45, 7) is 1.23. The zero-order valence-electron chi connectivity index (χ0n) is 4.51. The van der Waals surface area contributed by atoms with Crippen LogP contribution in [0.25, 0.3) is 0 Å². The first-order valence-electron chi connectivity index (χ1n) is 2.27. The Balaban J connectivity index is 3.46. The molecule has 50 valence electrons. The van der Waals surface area contributed by atoms with Gasteiger partial charge in [0.2, 0.25) is 0 Å². The average molecular weight is 125 g/mol. The third-order valence-electron chi connectivity index (χ3n) is 0.848. The molecule has 4 heteroatoms. The van der Waals surface area contributed by atoms with E-state index in [-0.39, 0.29) is 0 Å². The summed E-state index contributed by atoms with van der Waals surface area (Å²) in [5.41, 5.74) is 4.76. The summed E-state index contributed by atoms with van der Waals surface area (Å²) in [6, 6.07) is -1.41. The van der Waals surface area contributed by atoms with Crippen molar-refractivity contribution in [3.05, 3.63) is 0 Å². The van der Waals surface area contributed by atoms with Crippen LogP contribution < -0.4 is 5.73 Å². The van der Waals surface area contributed by atoms with Crippen molar-refractivity contribution in [3.8, 4) is 0 Å². The van der Waals surface area contributed by atoms with Crippen molar-refractivity contribution in [2.24, 2.45) is 5.73 Å². The highest BCUT2D eigenvalue weighted by atomic mass is 19.3. The summed E-state index contributed by atoms with van der Waals surface area (Å²) in [4.78, 5) is 0. The third-order valence-corrected chi connectivity index (χ3v) is 0.848. The Morgan fingerprint density at radius 1 is 1.50 bits per heavy atom. The summed E-state index contributed by atoms with van der Waals surface area (Å²) >= 11 is 0. The normalized spacial score (nSPS) is 18.8. The molecule has 0 radical (unpaired) electrons. The molecule has 0 amide bonds. The summed E-state index contributed by atoms with van der Waals surface area (Å²) < 4.78 is 22.8. The molecular formula is C4H9F2NO. The Labute approximate surface area is 46.3 Å². The van der Waals surface area contributed by atoms with E-state index in [0.717, 1.165) is 0 Å². The quantitative estimate of drug-likeness (QED) is 0.544. The summed E-state index contributed by atoms with van der Waals surface area (Å²) in [7, 11) is 0. The molecule has 0 aromatic carbocycles. The SMILES string of the molecule is CC(O)C(N)C(F)F. The lowest BCUT2D eigenvalue weighted by atomic mass is 10.2. The second kappa shape index (κ2) is 2.94. The fraction of sp³-hybridized carbons (Fsp3) is 1.00. The molecular weight excluding hydrogens is 116 g/mol. The summed E-state index contributed by atoms with van der Waals surface area (Å²) in [6.07, 6.45) is -3.76. The lowest BCUT2D eigenvalue weighted by Gasteiger charge is -2.11. The average Bonchev–Trinajstić information content (AvgIpc) is 1.64. The van der Waals surface area contributed by atoms with Gasteiger partial charge < -0.3 is 10.8 Å². The molecule has 0 aliphatic rings. The monoisotopic (exact) mass is 125 g/mol. The van der Waals surface area contributed by atoms with Gasteiger partial charge in [-0.25, -0.2) is 8.78 Å². The molecule has 0 spiro atoms. The Bertz CT molecular complexity index is 59.1. The molecule has 2 nitrogen and oxygen atoms in total. The highest BCUT2D eigenvalue weighted by molar-refractivity contribution is 4.68. The molecule has 0 aliphatic heterocycles. The van der Waals surface area contributed by atoms with E-state index in [0.29, 0.717) is 0 Å². The van der Waals surface area contributed by atoms with Gasteiger partial charge in [0.15, 0.2) is 0 Å². The maximum atomic E-state index is 11.4. The predicted molar refractivity (Wildman–Crippen MR) is 25.7 cm³/mol. The van der Waals surface area contributed by atoms with Gasteiger partial charge in [-0.1, -0.05) is 0 Å². The van der Waals surface area contributed by atoms with Gasteiger partial charge >= 0.3 is 0 Å². The highest BCUT2D eigenvalue weighted by Gasteiger charge is 2.19. The van der Waals surface area contributed by atoms with Gasteiger partial charge in [-0.2, -0.15) is 0 Å². The van der Waals surface area contributed by atoms with E-state index in [2.05, 4.69) is 0 Å². The second-order valence-corrected chi connectivity index (χ2v) is 1.65. The summed E-state index contributed by atoms with van der Waals surface area (Å²) in [5.74, 6) is 0. The molecule has 0 rings (SSSR count). The fourth-order valence-electron chi connectivity index (χ4n) is 0.211. The van der Waals surface area contributed by atoms with Gasteiger partial charge in [-0.3, -0.25) is 0 Å². The number of nitrogens with two attached hydrogens (primary N) is 1. The van der Waals surface area contributed by atoms with Crippen molar-refractivity contribution in [1.29, 1.82) is 0 Å². The van der Waals surface area contributed by atoms with E-state index in [1.165, 1.54) is 6.92 Å². The van der Waals surface area contributed by atoms with Crippen LogP contribution in [0.5, 0.6) is 0 Å². The molecule has 2 atom stereocenters. The van der Waals surface area contributed by atoms with Gasteiger partial charge in [0.25, 0.3) is 6.43 Å². The topological polar surface area (TPSA) is 46.2 Å². The van der Waals surface area contributed by atoms with E-state index in [4.69, 9.17) is 10.8 Å². The predicted octanol–water partition coefficient (Wildman–Crippen LogP) is -0.0404. The van der Waals surface area contributed by atoms with Crippen LogP contribution in [-0.4, -0.2) is 23.7 Å². The van der Waals surface area contributed by atoms with Crippen molar-refractivity contribution in [3.63, 3.8) is 0 Å². The molecule has 0 heterocycles. The first kappa shape index (κ1) is 7.78. The zero-order chi connectivity index (χ0) is 6.73. The van der Waals surface area contributed by atoms with Crippen molar-refractivity contribution >= 4 is 0 Å². The van der Waals surface area contributed by atoms with Crippen LogP contribution in [0.3, 0.4) is 0 Å². The Morgan fingerprint density at radius 2 is 1.88 bits per heavy atom. The van der Waals surface area contributed by atoms with E-state index in [1.807, 2.05) is 0 Å². The zero-order valence-corrected chi connectivity index (χ0v) is 4.51. The molecule has 0 saturated heterocycles. The number of rotatable bonds is 2. The molecule has 0 saturated carbocycles. The Hall–Kier alpha value is -0.220. The molecule has 3 N–H and O–H groups in total. The van der Waals surface area contributed by atoms with Crippen LogP contribution in [0, 0.1) is 0 Å².